The number of H-pyrrole nitrogens is 1. The van der Waals surface area contributed by atoms with Gasteiger partial charge in [0.1, 0.15) is 0 Å². The highest BCUT2D eigenvalue weighted by Gasteiger charge is 2.15. The molecule has 6 nitrogen and oxygen atoms in total. The molecule has 0 aliphatic carbocycles. The Labute approximate surface area is 173 Å². The van der Waals surface area contributed by atoms with Crippen molar-refractivity contribution in [3.8, 4) is 11.5 Å². The molecule has 0 spiro atoms. The zero-order valence-corrected chi connectivity index (χ0v) is 17.1. The van der Waals surface area contributed by atoms with Gasteiger partial charge in [0, 0.05) is 22.8 Å². The molecule has 0 fully saturated rings. The molecule has 0 aliphatic rings. The van der Waals surface area contributed by atoms with Crippen molar-refractivity contribution in [1.82, 2.24) is 15.2 Å². The van der Waals surface area contributed by atoms with Crippen LogP contribution in [-0.4, -0.2) is 26.8 Å². The van der Waals surface area contributed by atoms with Crippen molar-refractivity contribution >= 4 is 34.3 Å². The molecule has 2 heterocycles. The summed E-state index contributed by atoms with van der Waals surface area (Å²) in [5.41, 5.74) is 3.87. The number of hydrogen-bond donors (Lipinski definition) is 2. The molecule has 29 heavy (non-hydrogen) atoms. The average molecular weight is 407 g/mol. The van der Waals surface area contributed by atoms with Gasteiger partial charge in [-0.25, -0.2) is 0 Å². The number of benzene rings is 2. The van der Waals surface area contributed by atoms with Gasteiger partial charge in [0.05, 0.1) is 11.3 Å². The number of carbonyl (C=O) groups is 1. The van der Waals surface area contributed by atoms with Crippen LogP contribution in [0.3, 0.4) is 0 Å². The molecule has 1 atom stereocenters. The highest BCUT2D eigenvalue weighted by atomic mass is 32.2. The highest BCUT2D eigenvalue weighted by molar-refractivity contribution is 7.99. The predicted octanol–water partition coefficient (Wildman–Crippen LogP) is 5.46. The summed E-state index contributed by atoms with van der Waals surface area (Å²) in [5, 5.41) is 12.6. The monoisotopic (exact) mass is 406 g/mol. The third kappa shape index (κ3) is 4.19. The molecule has 148 valence electrons. The third-order valence-corrected chi connectivity index (χ3v) is 5.75. The Kier molecular flexibility index (Phi) is 5.67. The molecule has 7 heteroatoms. The topological polar surface area (TPSA) is 83.8 Å². The Morgan fingerprint density at radius 3 is 2.83 bits per heavy atom. The van der Waals surface area contributed by atoms with Gasteiger partial charge in [0.15, 0.2) is 0 Å². The van der Waals surface area contributed by atoms with Crippen molar-refractivity contribution in [1.29, 1.82) is 0 Å². The number of nitrogens with zero attached hydrogens (tertiary/aromatic N) is 2. The summed E-state index contributed by atoms with van der Waals surface area (Å²) in [5.74, 6) is 0.920. The Morgan fingerprint density at radius 1 is 1.17 bits per heavy atom. The second kappa shape index (κ2) is 8.53. The number of para-hydroxylation sites is 2. The van der Waals surface area contributed by atoms with E-state index in [9.17, 15) is 4.79 Å². The number of anilines is 1. The van der Waals surface area contributed by atoms with Gasteiger partial charge in [-0.3, -0.25) is 4.79 Å². The van der Waals surface area contributed by atoms with Crippen LogP contribution in [0.4, 0.5) is 5.69 Å². The highest BCUT2D eigenvalue weighted by Crippen LogP contribution is 2.30. The van der Waals surface area contributed by atoms with Gasteiger partial charge in [-0.15, -0.1) is 10.2 Å². The number of carbonyl (C=O) groups excluding carboxylic acids is 1. The molecule has 2 aromatic heterocycles. The van der Waals surface area contributed by atoms with Crippen LogP contribution in [0, 0.1) is 0 Å². The Balaban J connectivity index is 1.41. The van der Waals surface area contributed by atoms with E-state index in [1.54, 1.807) is 0 Å². The molecular weight excluding hydrogens is 384 g/mol. The van der Waals surface area contributed by atoms with E-state index >= 15 is 0 Å². The molecule has 1 unspecified atom stereocenters. The Hall–Kier alpha value is -3.06. The fourth-order valence-corrected chi connectivity index (χ4v) is 3.76. The number of hydrogen-bond acceptors (Lipinski definition) is 5. The number of rotatable bonds is 7. The molecule has 0 saturated heterocycles. The van der Waals surface area contributed by atoms with E-state index in [-0.39, 0.29) is 11.7 Å². The van der Waals surface area contributed by atoms with Gasteiger partial charge in [-0.2, -0.15) is 0 Å². The number of aromatic nitrogens is 3. The summed E-state index contributed by atoms with van der Waals surface area (Å²) in [7, 11) is 0. The van der Waals surface area contributed by atoms with E-state index < -0.39 is 0 Å². The number of nitrogens with one attached hydrogen (secondary N) is 2. The van der Waals surface area contributed by atoms with Crippen LogP contribution in [-0.2, 0) is 4.79 Å². The normalized spacial score (nSPS) is 12.2. The molecule has 0 bridgehead atoms. The quantitative estimate of drug-likeness (QED) is 0.398. The van der Waals surface area contributed by atoms with E-state index in [2.05, 4.69) is 40.4 Å². The maximum absolute atomic E-state index is 12.4. The van der Waals surface area contributed by atoms with Crippen LogP contribution in [0.15, 0.2) is 64.4 Å². The van der Waals surface area contributed by atoms with Crippen molar-refractivity contribution in [2.75, 3.05) is 11.1 Å². The van der Waals surface area contributed by atoms with E-state index in [0.717, 1.165) is 34.1 Å². The van der Waals surface area contributed by atoms with Crippen LogP contribution in [0.5, 0.6) is 0 Å². The molecule has 0 saturated carbocycles. The van der Waals surface area contributed by atoms with Crippen LogP contribution in [0.1, 0.15) is 31.7 Å². The molecule has 4 aromatic rings. The van der Waals surface area contributed by atoms with Crippen molar-refractivity contribution < 1.29 is 9.21 Å². The lowest BCUT2D eigenvalue weighted by molar-refractivity contribution is -0.113. The minimum Gasteiger partial charge on any atom is -0.411 e. The lowest BCUT2D eigenvalue weighted by Gasteiger charge is -2.15. The van der Waals surface area contributed by atoms with E-state index in [1.165, 1.54) is 11.8 Å². The zero-order valence-electron chi connectivity index (χ0n) is 16.3. The number of thioether (sulfide) groups is 1. The van der Waals surface area contributed by atoms with E-state index in [1.807, 2.05) is 48.7 Å². The van der Waals surface area contributed by atoms with Gasteiger partial charge in [0.2, 0.25) is 5.91 Å². The first kappa shape index (κ1) is 19.3. The number of fused-ring (bicyclic) bond motifs is 1. The summed E-state index contributed by atoms with van der Waals surface area (Å²) in [6.45, 7) is 4.30. The first-order chi connectivity index (χ1) is 14.2. The van der Waals surface area contributed by atoms with Crippen LogP contribution < -0.4 is 5.32 Å². The van der Waals surface area contributed by atoms with E-state index in [0.29, 0.717) is 17.0 Å². The summed E-state index contributed by atoms with van der Waals surface area (Å²) in [6, 6.07) is 15.8. The summed E-state index contributed by atoms with van der Waals surface area (Å²) in [6.07, 6.45) is 2.87. The molecule has 2 aromatic carbocycles. The summed E-state index contributed by atoms with van der Waals surface area (Å²) < 4.78 is 5.76. The van der Waals surface area contributed by atoms with Gasteiger partial charge >= 0.3 is 0 Å². The Bertz CT molecular complexity index is 1130. The molecule has 0 radical (unpaired) electrons. The van der Waals surface area contributed by atoms with Crippen LogP contribution in [0.25, 0.3) is 22.4 Å². The largest absolute Gasteiger partial charge is 0.411 e. The minimum atomic E-state index is -0.0994. The molecule has 1 amide bonds. The fraction of sp³-hybridized carbons (Fsp3) is 0.227. The number of aromatic amines is 1. The average Bonchev–Trinajstić information content (AvgIpc) is 3.39. The molecule has 0 aliphatic heterocycles. The smallest absolute Gasteiger partial charge is 0.277 e. The van der Waals surface area contributed by atoms with Gasteiger partial charge in [-0.1, -0.05) is 62.0 Å². The number of amides is 1. The van der Waals surface area contributed by atoms with Crippen molar-refractivity contribution in [2.45, 2.75) is 31.4 Å². The van der Waals surface area contributed by atoms with Crippen molar-refractivity contribution in [3.63, 3.8) is 0 Å². The molecule has 2 N–H and O–H groups in total. The Morgan fingerprint density at radius 2 is 1.97 bits per heavy atom. The molecular formula is C22H22N4O2S. The SMILES string of the molecule is CCC(C)c1ccccc1NC(=O)CSc1nnc(-c2c[nH]c3ccccc23)o1. The minimum absolute atomic E-state index is 0.0994. The first-order valence-corrected chi connectivity index (χ1v) is 10.6. The first-order valence-electron chi connectivity index (χ1n) is 9.57. The van der Waals surface area contributed by atoms with Crippen molar-refractivity contribution in [2.24, 2.45) is 0 Å². The van der Waals surface area contributed by atoms with Gasteiger partial charge in [-0.05, 0) is 30.0 Å². The summed E-state index contributed by atoms with van der Waals surface area (Å²) in [4.78, 5) is 15.6. The standard InChI is InChI=1S/C22H22N4O2S/c1-3-14(2)15-8-4-7-11-19(15)24-20(27)13-29-22-26-25-21(28-22)17-12-23-18-10-6-5-9-16(17)18/h4-12,14,23H,3,13H2,1-2H3,(H,24,27). The fourth-order valence-electron chi connectivity index (χ4n) is 3.20. The second-order valence-electron chi connectivity index (χ2n) is 6.85. The van der Waals surface area contributed by atoms with Gasteiger partial charge < -0.3 is 14.7 Å². The van der Waals surface area contributed by atoms with Gasteiger partial charge in [0.25, 0.3) is 11.1 Å². The van der Waals surface area contributed by atoms with Crippen LogP contribution >= 0.6 is 11.8 Å². The van der Waals surface area contributed by atoms with Crippen molar-refractivity contribution in [3.05, 3.63) is 60.3 Å². The van der Waals surface area contributed by atoms with E-state index in [4.69, 9.17) is 4.42 Å². The molecule has 4 rings (SSSR count). The van der Waals surface area contributed by atoms with Crippen LogP contribution in [0.2, 0.25) is 0 Å². The second-order valence-corrected chi connectivity index (χ2v) is 7.78. The maximum Gasteiger partial charge on any atom is 0.277 e. The predicted molar refractivity (Wildman–Crippen MR) is 116 cm³/mol. The lowest BCUT2D eigenvalue weighted by Crippen LogP contribution is -2.15. The summed E-state index contributed by atoms with van der Waals surface area (Å²) >= 11 is 1.23. The maximum atomic E-state index is 12.4. The zero-order chi connectivity index (χ0) is 20.2. The third-order valence-electron chi connectivity index (χ3n) is 4.93. The lowest BCUT2D eigenvalue weighted by atomic mass is 9.97.